The number of hydrogen-bond acceptors (Lipinski definition) is 5. The highest BCUT2D eigenvalue weighted by atomic mass is 32.1. The van der Waals surface area contributed by atoms with E-state index in [1.54, 1.807) is 0 Å². The molecule has 1 saturated carbocycles. The molecule has 6 nitrogen and oxygen atoms in total. The van der Waals surface area contributed by atoms with E-state index in [9.17, 15) is 9.59 Å². The van der Waals surface area contributed by atoms with Crippen molar-refractivity contribution in [3.8, 4) is 0 Å². The van der Waals surface area contributed by atoms with Gasteiger partial charge in [0.2, 0.25) is 16.9 Å². The number of carbonyl (C=O) groups is 2. The fourth-order valence-corrected chi connectivity index (χ4v) is 3.95. The Balaban J connectivity index is 1.59. The zero-order chi connectivity index (χ0) is 15.7. The molecular formula is C15H22N4O2S. The van der Waals surface area contributed by atoms with Gasteiger partial charge in [0.15, 0.2) is 0 Å². The first-order valence-electron chi connectivity index (χ1n) is 8.06. The van der Waals surface area contributed by atoms with Crippen molar-refractivity contribution in [3.63, 3.8) is 0 Å². The molecule has 2 heterocycles. The number of hydrogen-bond donors (Lipinski definition) is 1. The second-order valence-electron chi connectivity index (χ2n) is 6.13. The molecule has 120 valence electrons. The predicted molar refractivity (Wildman–Crippen MR) is 84.7 cm³/mol. The second kappa shape index (κ2) is 6.32. The van der Waals surface area contributed by atoms with Crippen LogP contribution < -0.4 is 5.32 Å². The second-order valence-corrected chi connectivity index (χ2v) is 7.14. The topological polar surface area (TPSA) is 75.2 Å². The maximum atomic E-state index is 12.3. The molecule has 2 fully saturated rings. The van der Waals surface area contributed by atoms with Crippen molar-refractivity contribution >= 4 is 28.3 Å². The van der Waals surface area contributed by atoms with E-state index in [4.69, 9.17) is 0 Å². The van der Waals surface area contributed by atoms with Gasteiger partial charge in [-0.2, -0.15) is 0 Å². The van der Waals surface area contributed by atoms with E-state index in [0.29, 0.717) is 30.1 Å². The van der Waals surface area contributed by atoms with Gasteiger partial charge >= 0.3 is 0 Å². The lowest BCUT2D eigenvalue weighted by Gasteiger charge is -2.14. The van der Waals surface area contributed by atoms with Gasteiger partial charge in [-0.25, -0.2) is 0 Å². The SMILES string of the molecule is CCC(CC)c1nnc(NC(=O)[C@H]2CC(=O)N(C3CC3)C2)s1. The Morgan fingerprint density at radius 3 is 2.73 bits per heavy atom. The Kier molecular flexibility index (Phi) is 4.42. The number of rotatable bonds is 6. The summed E-state index contributed by atoms with van der Waals surface area (Å²) in [5.74, 6) is 0.150. The molecule has 1 aromatic heterocycles. The molecule has 7 heteroatoms. The number of anilines is 1. The Labute approximate surface area is 134 Å². The Morgan fingerprint density at radius 2 is 2.09 bits per heavy atom. The fourth-order valence-electron chi connectivity index (χ4n) is 2.94. The molecule has 3 rings (SSSR count). The van der Waals surface area contributed by atoms with Gasteiger partial charge in [-0.1, -0.05) is 25.2 Å². The highest BCUT2D eigenvalue weighted by molar-refractivity contribution is 7.15. The molecule has 0 unspecified atom stereocenters. The third-order valence-corrected chi connectivity index (χ3v) is 5.52. The van der Waals surface area contributed by atoms with Crippen LogP contribution in [0.25, 0.3) is 0 Å². The molecule has 1 aromatic rings. The van der Waals surface area contributed by atoms with E-state index >= 15 is 0 Å². The number of nitrogens with one attached hydrogen (secondary N) is 1. The largest absolute Gasteiger partial charge is 0.339 e. The highest BCUT2D eigenvalue weighted by Gasteiger charge is 2.41. The van der Waals surface area contributed by atoms with Gasteiger partial charge in [-0.3, -0.25) is 9.59 Å². The van der Waals surface area contributed by atoms with Crippen LogP contribution in [0.1, 0.15) is 56.9 Å². The molecule has 1 saturated heterocycles. The third-order valence-electron chi connectivity index (χ3n) is 4.52. The van der Waals surface area contributed by atoms with Crippen molar-refractivity contribution in [1.29, 1.82) is 0 Å². The molecule has 22 heavy (non-hydrogen) atoms. The van der Waals surface area contributed by atoms with Crippen molar-refractivity contribution in [2.45, 2.75) is 57.9 Å². The average Bonchev–Trinajstić information content (AvgIpc) is 3.12. The summed E-state index contributed by atoms with van der Waals surface area (Å²) in [5, 5.41) is 12.6. The van der Waals surface area contributed by atoms with Gasteiger partial charge in [0.1, 0.15) is 5.01 Å². The van der Waals surface area contributed by atoms with Crippen LogP contribution in [-0.4, -0.2) is 39.5 Å². The monoisotopic (exact) mass is 322 g/mol. The first kappa shape index (κ1) is 15.4. The molecular weight excluding hydrogens is 300 g/mol. The summed E-state index contributed by atoms with van der Waals surface area (Å²) in [5.41, 5.74) is 0. The molecule has 0 bridgehead atoms. The van der Waals surface area contributed by atoms with Gasteiger partial charge in [0.05, 0.1) is 5.92 Å². The van der Waals surface area contributed by atoms with Gasteiger partial charge < -0.3 is 10.2 Å². The predicted octanol–water partition coefficient (Wildman–Crippen LogP) is 2.39. The summed E-state index contributed by atoms with van der Waals surface area (Å²) in [6, 6.07) is 0.383. The van der Waals surface area contributed by atoms with Crippen molar-refractivity contribution in [3.05, 3.63) is 5.01 Å². The standard InChI is InChI=1S/C15H22N4O2S/c1-3-9(4-2)14-17-18-15(22-14)16-13(21)10-7-12(20)19(8-10)11-5-6-11/h9-11H,3-8H2,1-2H3,(H,16,18,21)/t10-/m0/s1. The molecule has 2 aliphatic rings. The maximum Gasteiger partial charge on any atom is 0.231 e. The maximum absolute atomic E-state index is 12.3. The van der Waals surface area contributed by atoms with Crippen molar-refractivity contribution in [2.24, 2.45) is 5.92 Å². The zero-order valence-corrected chi connectivity index (χ0v) is 13.9. The summed E-state index contributed by atoms with van der Waals surface area (Å²) < 4.78 is 0. The van der Waals surface area contributed by atoms with Crippen LogP contribution in [-0.2, 0) is 9.59 Å². The quantitative estimate of drug-likeness (QED) is 0.872. The first-order chi connectivity index (χ1) is 10.6. The minimum absolute atomic E-state index is 0.108. The van der Waals surface area contributed by atoms with E-state index in [1.807, 2.05) is 4.90 Å². The van der Waals surface area contributed by atoms with Gasteiger partial charge in [0.25, 0.3) is 0 Å². The van der Waals surface area contributed by atoms with E-state index < -0.39 is 0 Å². The number of carbonyl (C=O) groups excluding carboxylic acids is 2. The fraction of sp³-hybridized carbons (Fsp3) is 0.733. The molecule has 0 radical (unpaired) electrons. The lowest BCUT2D eigenvalue weighted by molar-refractivity contribution is -0.128. The van der Waals surface area contributed by atoms with Gasteiger partial charge in [0, 0.05) is 24.9 Å². The van der Waals surface area contributed by atoms with Crippen LogP contribution in [0.2, 0.25) is 0 Å². The number of nitrogens with zero attached hydrogens (tertiary/aromatic N) is 3. The Hall–Kier alpha value is -1.50. The normalized spacial score (nSPS) is 21.7. The van der Waals surface area contributed by atoms with Crippen LogP contribution in [0, 0.1) is 5.92 Å². The third kappa shape index (κ3) is 3.14. The van der Waals surface area contributed by atoms with Crippen molar-refractivity contribution in [2.75, 3.05) is 11.9 Å². The molecule has 1 aliphatic heterocycles. The Morgan fingerprint density at radius 1 is 1.36 bits per heavy atom. The first-order valence-corrected chi connectivity index (χ1v) is 8.87. The molecule has 2 amide bonds. The van der Waals surface area contributed by atoms with Crippen LogP contribution in [0.4, 0.5) is 5.13 Å². The molecule has 1 N–H and O–H groups in total. The molecule has 1 atom stereocenters. The summed E-state index contributed by atoms with van der Waals surface area (Å²) in [7, 11) is 0. The van der Waals surface area contributed by atoms with Crippen LogP contribution in [0.5, 0.6) is 0 Å². The minimum Gasteiger partial charge on any atom is -0.339 e. The van der Waals surface area contributed by atoms with E-state index in [1.165, 1.54) is 11.3 Å². The van der Waals surface area contributed by atoms with Crippen LogP contribution >= 0.6 is 11.3 Å². The highest BCUT2D eigenvalue weighted by Crippen LogP contribution is 2.33. The number of aromatic nitrogens is 2. The summed E-state index contributed by atoms with van der Waals surface area (Å²) >= 11 is 1.44. The zero-order valence-electron chi connectivity index (χ0n) is 13.0. The van der Waals surface area contributed by atoms with Crippen molar-refractivity contribution in [1.82, 2.24) is 15.1 Å². The summed E-state index contributed by atoms with van der Waals surface area (Å²) in [4.78, 5) is 26.1. The summed E-state index contributed by atoms with van der Waals surface area (Å²) in [6.07, 6.45) is 4.52. The lowest BCUT2D eigenvalue weighted by Crippen LogP contribution is -2.29. The van der Waals surface area contributed by atoms with E-state index in [-0.39, 0.29) is 17.7 Å². The Bertz CT molecular complexity index is 566. The van der Waals surface area contributed by atoms with E-state index in [2.05, 4.69) is 29.4 Å². The van der Waals surface area contributed by atoms with Gasteiger partial charge in [-0.05, 0) is 25.7 Å². The minimum atomic E-state index is -0.256. The van der Waals surface area contributed by atoms with Gasteiger partial charge in [-0.15, -0.1) is 10.2 Å². The molecule has 1 aliphatic carbocycles. The molecule has 0 spiro atoms. The average molecular weight is 322 g/mol. The van der Waals surface area contributed by atoms with E-state index in [0.717, 1.165) is 30.7 Å². The summed E-state index contributed by atoms with van der Waals surface area (Å²) in [6.45, 7) is 4.81. The van der Waals surface area contributed by atoms with Crippen LogP contribution in [0.3, 0.4) is 0 Å². The number of amides is 2. The van der Waals surface area contributed by atoms with Crippen molar-refractivity contribution < 1.29 is 9.59 Å². The lowest BCUT2D eigenvalue weighted by atomic mass is 10.1. The molecule has 0 aromatic carbocycles. The number of likely N-dealkylation sites (tertiary alicyclic amines) is 1. The smallest absolute Gasteiger partial charge is 0.231 e. The van der Waals surface area contributed by atoms with Crippen LogP contribution in [0.15, 0.2) is 0 Å².